The molecule has 2 nitrogen and oxygen atoms in total. The summed E-state index contributed by atoms with van der Waals surface area (Å²) in [5, 5.41) is 0. The van der Waals surface area contributed by atoms with Crippen LogP contribution in [0.25, 0.3) is 0 Å². The Morgan fingerprint density at radius 1 is 0.364 bits per heavy atom. The van der Waals surface area contributed by atoms with E-state index in [1.54, 1.807) is 0 Å². The molecule has 196 valence electrons. The van der Waals surface area contributed by atoms with E-state index in [1.807, 2.05) is 0 Å². The summed E-state index contributed by atoms with van der Waals surface area (Å²) in [5.74, 6) is 0. The molecule has 0 aliphatic carbocycles. The summed E-state index contributed by atoms with van der Waals surface area (Å²) in [4.78, 5) is 5.05. The maximum atomic E-state index is 2.52. The van der Waals surface area contributed by atoms with E-state index in [2.05, 4.69) is 36.0 Å². The molecule has 1 aliphatic rings. The quantitative estimate of drug-likeness (QED) is 0.118. The molecule has 1 heterocycles. The molecule has 0 aromatic rings. The summed E-state index contributed by atoms with van der Waals surface area (Å²) in [6.45, 7) is 8.24. The van der Waals surface area contributed by atoms with Gasteiger partial charge in [0.15, 0.2) is 0 Å². The van der Waals surface area contributed by atoms with Crippen molar-refractivity contribution in [2.45, 2.75) is 168 Å². The third-order valence-corrected chi connectivity index (χ3v) is 7.45. The predicted octanol–water partition coefficient (Wildman–Crippen LogP) is 10.4. The Morgan fingerprint density at radius 2 is 0.606 bits per heavy atom. The fourth-order valence-corrected chi connectivity index (χ4v) is 5.12. The molecule has 0 aromatic heterocycles. The van der Waals surface area contributed by atoms with Crippen LogP contribution >= 0.6 is 0 Å². The first-order valence-corrected chi connectivity index (χ1v) is 15.5. The van der Waals surface area contributed by atoms with Crippen molar-refractivity contribution in [2.24, 2.45) is 0 Å². The van der Waals surface area contributed by atoms with Crippen molar-refractivity contribution in [3.8, 4) is 0 Å². The van der Waals surface area contributed by atoms with E-state index in [0.29, 0.717) is 0 Å². The highest BCUT2D eigenvalue weighted by molar-refractivity contribution is 4.90. The molecule has 0 aromatic carbocycles. The normalized spacial score (nSPS) is 13.5. The van der Waals surface area contributed by atoms with Gasteiger partial charge in [0.1, 0.15) is 0 Å². The SMILES string of the molecule is CCCCCCCCCCCCCCCN1C=CN(CCCCCCCCCCCCC)C1. The fraction of sp³-hybridized carbons (Fsp3) is 0.935. The first-order chi connectivity index (χ1) is 16.4. The second-order valence-electron chi connectivity index (χ2n) is 10.8. The van der Waals surface area contributed by atoms with Crippen molar-refractivity contribution < 1.29 is 0 Å². The van der Waals surface area contributed by atoms with Crippen LogP contribution in [0.3, 0.4) is 0 Å². The Hall–Kier alpha value is -0.660. The van der Waals surface area contributed by atoms with Gasteiger partial charge in [0.25, 0.3) is 0 Å². The van der Waals surface area contributed by atoms with Crippen molar-refractivity contribution >= 4 is 0 Å². The van der Waals surface area contributed by atoms with Gasteiger partial charge in [-0.25, -0.2) is 0 Å². The number of rotatable bonds is 26. The molecule has 1 rings (SSSR count). The zero-order valence-corrected chi connectivity index (χ0v) is 23.1. The van der Waals surface area contributed by atoms with Crippen LogP contribution in [-0.2, 0) is 0 Å². The molecule has 0 bridgehead atoms. The number of unbranched alkanes of at least 4 members (excludes halogenated alkanes) is 22. The Balaban J connectivity index is 1.77. The molecule has 0 N–H and O–H groups in total. The van der Waals surface area contributed by atoms with Gasteiger partial charge < -0.3 is 9.80 Å². The van der Waals surface area contributed by atoms with Gasteiger partial charge in [-0.15, -0.1) is 0 Å². The van der Waals surface area contributed by atoms with Gasteiger partial charge in [0, 0.05) is 25.5 Å². The van der Waals surface area contributed by atoms with Crippen LogP contribution < -0.4 is 0 Å². The van der Waals surface area contributed by atoms with Crippen molar-refractivity contribution in [2.75, 3.05) is 19.8 Å². The zero-order chi connectivity index (χ0) is 23.7. The van der Waals surface area contributed by atoms with Gasteiger partial charge in [-0.1, -0.05) is 155 Å². The molecule has 0 atom stereocenters. The molecule has 0 fully saturated rings. The van der Waals surface area contributed by atoms with Crippen LogP contribution in [0.2, 0.25) is 0 Å². The largest absolute Gasteiger partial charge is 0.359 e. The van der Waals surface area contributed by atoms with E-state index in [1.165, 1.54) is 167 Å². The van der Waals surface area contributed by atoms with Crippen LogP contribution in [0.5, 0.6) is 0 Å². The Labute approximate surface area is 210 Å². The molecule has 0 radical (unpaired) electrons. The van der Waals surface area contributed by atoms with Crippen molar-refractivity contribution in [3.05, 3.63) is 12.4 Å². The van der Waals surface area contributed by atoms with Gasteiger partial charge in [0.05, 0.1) is 6.67 Å². The highest BCUT2D eigenvalue weighted by Gasteiger charge is 2.10. The minimum Gasteiger partial charge on any atom is -0.359 e. The summed E-state index contributed by atoms with van der Waals surface area (Å²) in [6, 6.07) is 0. The van der Waals surface area contributed by atoms with Crippen LogP contribution in [0.15, 0.2) is 12.4 Å². The molecule has 0 unspecified atom stereocenters. The number of nitrogens with zero attached hydrogens (tertiary/aromatic N) is 2. The zero-order valence-electron chi connectivity index (χ0n) is 23.1. The van der Waals surface area contributed by atoms with E-state index >= 15 is 0 Å². The molecule has 0 saturated heterocycles. The summed E-state index contributed by atoms with van der Waals surface area (Å²) in [6.07, 6.45) is 39.2. The Kier molecular flexibility index (Phi) is 22.5. The Morgan fingerprint density at radius 3 is 0.879 bits per heavy atom. The molecular formula is C31H62N2. The minimum absolute atomic E-state index is 1.13. The number of hydrogen-bond donors (Lipinski definition) is 0. The van der Waals surface area contributed by atoms with Crippen molar-refractivity contribution in [1.29, 1.82) is 0 Å². The van der Waals surface area contributed by atoms with Gasteiger partial charge >= 0.3 is 0 Å². The highest BCUT2D eigenvalue weighted by Crippen LogP contribution is 2.15. The van der Waals surface area contributed by atoms with E-state index < -0.39 is 0 Å². The van der Waals surface area contributed by atoms with Crippen molar-refractivity contribution in [3.63, 3.8) is 0 Å². The first kappa shape index (κ1) is 30.4. The van der Waals surface area contributed by atoms with E-state index in [0.717, 1.165) is 6.67 Å². The molecule has 0 saturated carbocycles. The summed E-state index contributed by atoms with van der Waals surface area (Å²) < 4.78 is 0. The molecule has 0 spiro atoms. The van der Waals surface area contributed by atoms with Crippen LogP contribution in [0, 0.1) is 0 Å². The average Bonchev–Trinajstić information content (AvgIpc) is 3.28. The molecule has 33 heavy (non-hydrogen) atoms. The summed E-state index contributed by atoms with van der Waals surface area (Å²) in [7, 11) is 0. The van der Waals surface area contributed by atoms with Gasteiger partial charge in [0.2, 0.25) is 0 Å². The first-order valence-electron chi connectivity index (χ1n) is 15.5. The van der Waals surface area contributed by atoms with Gasteiger partial charge in [-0.05, 0) is 12.8 Å². The maximum Gasteiger partial charge on any atom is 0.0893 e. The monoisotopic (exact) mass is 462 g/mol. The lowest BCUT2D eigenvalue weighted by atomic mass is 10.0. The summed E-state index contributed by atoms with van der Waals surface area (Å²) >= 11 is 0. The second-order valence-corrected chi connectivity index (χ2v) is 10.8. The lowest BCUT2D eigenvalue weighted by molar-refractivity contribution is 0.257. The van der Waals surface area contributed by atoms with Gasteiger partial charge in [-0.2, -0.15) is 0 Å². The average molecular weight is 463 g/mol. The minimum atomic E-state index is 1.13. The lowest BCUT2D eigenvalue weighted by Crippen LogP contribution is -2.26. The smallest absolute Gasteiger partial charge is 0.0893 e. The third kappa shape index (κ3) is 20.4. The number of hydrogen-bond acceptors (Lipinski definition) is 2. The lowest BCUT2D eigenvalue weighted by Gasteiger charge is -2.21. The maximum absolute atomic E-state index is 2.52. The van der Waals surface area contributed by atoms with Gasteiger partial charge in [-0.3, -0.25) is 0 Å². The molecule has 0 amide bonds. The van der Waals surface area contributed by atoms with E-state index in [9.17, 15) is 0 Å². The van der Waals surface area contributed by atoms with E-state index in [-0.39, 0.29) is 0 Å². The molecule has 2 heteroatoms. The second kappa shape index (κ2) is 24.5. The standard InChI is InChI=1S/C31H62N2/c1-3-5-7-9-11-13-15-16-18-20-22-24-26-28-33-30-29-32(31-33)27-25-23-21-19-17-14-12-10-8-6-4-2/h29-30H,3-28,31H2,1-2H3. The van der Waals surface area contributed by atoms with E-state index in [4.69, 9.17) is 0 Å². The third-order valence-electron chi connectivity index (χ3n) is 7.45. The van der Waals surface area contributed by atoms with Crippen molar-refractivity contribution in [1.82, 2.24) is 9.80 Å². The van der Waals surface area contributed by atoms with Crippen LogP contribution in [-0.4, -0.2) is 29.6 Å². The topological polar surface area (TPSA) is 6.48 Å². The fourth-order valence-electron chi connectivity index (χ4n) is 5.12. The highest BCUT2D eigenvalue weighted by atomic mass is 15.3. The Bertz CT molecular complexity index is 406. The van der Waals surface area contributed by atoms with Crippen LogP contribution in [0.4, 0.5) is 0 Å². The van der Waals surface area contributed by atoms with Crippen LogP contribution in [0.1, 0.15) is 168 Å². The summed E-state index contributed by atoms with van der Waals surface area (Å²) in [5.41, 5.74) is 0. The molecular weight excluding hydrogens is 400 g/mol. The predicted molar refractivity (Wildman–Crippen MR) is 150 cm³/mol. The molecule has 1 aliphatic heterocycles.